The van der Waals surface area contributed by atoms with Crippen LogP contribution in [0, 0.1) is 12.7 Å². The van der Waals surface area contributed by atoms with Gasteiger partial charge in [0.05, 0.1) is 11.2 Å². The number of benzene rings is 1. The van der Waals surface area contributed by atoms with Gasteiger partial charge in [-0.2, -0.15) is 0 Å². The van der Waals surface area contributed by atoms with E-state index < -0.39 is 17.2 Å². The molecule has 1 N–H and O–H groups in total. The number of carbonyl (C=O) groups is 2. The summed E-state index contributed by atoms with van der Waals surface area (Å²) in [6, 6.07) is 4.91. The number of alkyl carbamates (subject to hydrolysis) is 1. The zero-order chi connectivity index (χ0) is 22.3. The van der Waals surface area contributed by atoms with Crippen molar-refractivity contribution in [2.75, 3.05) is 13.1 Å². The molecule has 0 saturated carbocycles. The van der Waals surface area contributed by atoms with Gasteiger partial charge < -0.3 is 19.5 Å². The Morgan fingerprint density at radius 1 is 1.27 bits per heavy atom. The average molecular weight is 416 g/mol. The first-order valence-electron chi connectivity index (χ1n) is 10.00. The first kappa shape index (κ1) is 21.8. The Kier molecular flexibility index (Phi) is 5.62. The molecule has 1 aromatic carbocycles. The van der Waals surface area contributed by atoms with Crippen LogP contribution < -0.4 is 5.32 Å². The summed E-state index contributed by atoms with van der Waals surface area (Å²) in [5.41, 5.74) is 0.830. The van der Waals surface area contributed by atoms with Crippen molar-refractivity contribution in [3.63, 3.8) is 0 Å². The molecular formula is C22H29FN4O3. The fraction of sp³-hybridized carbons (Fsp3) is 0.500. The number of hydrogen-bond donors (Lipinski definition) is 1. The molecule has 7 nitrogen and oxygen atoms in total. The summed E-state index contributed by atoms with van der Waals surface area (Å²) in [5, 5.41) is 2.53. The Morgan fingerprint density at radius 2 is 1.97 bits per heavy atom. The van der Waals surface area contributed by atoms with Crippen LogP contribution in [0.15, 0.2) is 24.4 Å². The highest BCUT2D eigenvalue weighted by molar-refractivity contribution is 5.83. The Morgan fingerprint density at radius 3 is 2.60 bits per heavy atom. The maximum absolute atomic E-state index is 13.6. The average Bonchev–Trinajstić information content (AvgIpc) is 3.06. The summed E-state index contributed by atoms with van der Waals surface area (Å²) in [5.74, 6) is 0.285. The summed E-state index contributed by atoms with van der Waals surface area (Å²) in [6.45, 7) is 11.8. The zero-order valence-corrected chi connectivity index (χ0v) is 18.4. The van der Waals surface area contributed by atoms with E-state index in [1.54, 1.807) is 44.7 Å². The number of rotatable bonds is 3. The van der Waals surface area contributed by atoms with E-state index in [4.69, 9.17) is 9.72 Å². The second-order valence-corrected chi connectivity index (χ2v) is 9.07. The molecule has 0 saturated heterocycles. The Labute approximate surface area is 176 Å². The SMILES string of the molecule is Cc1cc(-c2cn3c(n2)C(C)(C)N(C(=O)CNC(=O)OC(C)(C)C)CC3)ccc1F. The summed E-state index contributed by atoms with van der Waals surface area (Å²) >= 11 is 0. The van der Waals surface area contributed by atoms with E-state index in [-0.39, 0.29) is 18.3 Å². The van der Waals surface area contributed by atoms with Crippen LogP contribution in [0.4, 0.5) is 9.18 Å². The number of nitrogens with zero attached hydrogens (tertiary/aromatic N) is 3. The first-order valence-corrected chi connectivity index (χ1v) is 10.00. The topological polar surface area (TPSA) is 76.5 Å². The molecule has 0 radical (unpaired) electrons. The van der Waals surface area contributed by atoms with Gasteiger partial charge in [-0.3, -0.25) is 4.79 Å². The minimum absolute atomic E-state index is 0.150. The molecule has 30 heavy (non-hydrogen) atoms. The van der Waals surface area contributed by atoms with Crippen molar-refractivity contribution in [3.05, 3.63) is 41.6 Å². The molecule has 0 spiro atoms. The van der Waals surface area contributed by atoms with Gasteiger partial charge in [0.25, 0.3) is 0 Å². The summed E-state index contributed by atoms with van der Waals surface area (Å²) in [4.78, 5) is 31.2. The van der Waals surface area contributed by atoms with Crippen LogP contribution in [0.5, 0.6) is 0 Å². The molecule has 162 valence electrons. The molecule has 2 heterocycles. The number of aryl methyl sites for hydroxylation is 1. The predicted octanol–water partition coefficient (Wildman–Crippen LogP) is 3.60. The molecule has 0 aliphatic carbocycles. The van der Waals surface area contributed by atoms with Crippen molar-refractivity contribution in [2.24, 2.45) is 0 Å². The number of ether oxygens (including phenoxy) is 1. The quantitative estimate of drug-likeness (QED) is 0.830. The standard InChI is InChI=1S/C22H29FN4O3/c1-14-11-15(7-8-16(14)23)17-13-26-9-10-27(22(5,6)19(26)25-17)18(28)12-24-20(29)30-21(2,3)4/h7-8,11,13H,9-10,12H2,1-6H3,(H,24,29). The lowest BCUT2D eigenvalue weighted by Gasteiger charge is -2.42. The largest absolute Gasteiger partial charge is 0.444 e. The maximum atomic E-state index is 13.6. The van der Waals surface area contributed by atoms with Gasteiger partial charge in [0.2, 0.25) is 5.91 Å². The zero-order valence-electron chi connectivity index (χ0n) is 18.4. The number of amides is 2. The Hall–Kier alpha value is -2.90. The number of hydrogen-bond acceptors (Lipinski definition) is 4. The van der Waals surface area contributed by atoms with Gasteiger partial charge >= 0.3 is 6.09 Å². The highest BCUT2D eigenvalue weighted by Crippen LogP contribution is 2.33. The number of fused-ring (bicyclic) bond motifs is 1. The fourth-order valence-electron chi connectivity index (χ4n) is 3.62. The number of aromatic nitrogens is 2. The molecule has 0 atom stereocenters. The second kappa shape index (κ2) is 7.74. The van der Waals surface area contributed by atoms with Crippen LogP contribution >= 0.6 is 0 Å². The lowest BCUT2D eigenvalue weighted by molar-refractivity contribution is -0.137. The van der Waals surface area contributed by atoms with Gasteiger partial charge in [-0.1, -0.05) is 0 Å². The van der Waals surface area contributed by atoms with Gasteiger partial charge in [0.1, 0.15) is 23.8 Å². The van der Waals surface area contributed by atoms with E-state index in [0.29, 0.717) is 18.7 Å². The molecule has 1 aliphatic heterocycles. The van der Waals surface area contributed by atoms with Crippen molar-refractivity contribution < 1.29 is 18.7 Å². The Balaban J connectivity index is 1.76. The molecule has 2 amide bonds. The third kappa shape index (κ3) is 4.47. The van der Waals surface area contributed by atoms with Crippen LogP contribution in [-0.2, 0) is 21.6 Å². The molecule has 3 rings (SSSR count). The molecule has 0 bridgehead atoms. The van der Waals surface area contributed by atoms with Crippen LogP contribution in [-0.4, -0.2) is 45.1 Å². The van der Waals surface area contributed by atoms with Gasteiger partial charge in [0, 0.05) is 24.8 Å². The highest BCUT2D eigenvalue weighted by Gasteiger charge is 2.39. The fourth-order valence-corrected chi connectivity index (χ4v) is 3.62. The molecule has 1 aliphatic rings. The highest BCUT2D eigenvalue weighted by atomic mass is 19.1. The van der Waals surface area contributed by atoms with E-state index in [9.17, 15) is 14.0 Å². The van der Waals surface area contributed by atoms with Gasteiger partial charge in [-0.05, 0) is 65.3 Å². The lowest BCUT2D eigenvalue weighted by Crippen LogP contribution is -2.54. The van der Waals surface area contributed by atoms with E-state index in [2.05, 4.69) is 5.32 Å². The monoisotopic (exact) mass is 416 g/mol. The molecule has 8 heteroatoms. The summed E-state index contributed by atoms with van der Waals surface area (Å²) in [6.07, 6.45) is 1.31. The normalized spacial score (nSPS) is 15.5. The van der Waals surface area contributed by atoms with Crippen LogP contribution in [0.1, 0.15) is 46.0 Å². The van der Waals surface area contributed by atoms with Crippen molar-refractivity contribution in [2.45, 2.75) is 59.2 Å². The molecular weight excluding hydrogens is 387 g/mol. The van der Waals surface area contributed by atoms with Crippen molar-refractivity contribution in [1.29, 1.82) is 0 Å². The van der Waals surface area contributed by atoms with Crippen molar-refractivity contribution >= 4 is 12.0 Å². The molecule has 0 unspecified atom stereocenters. The molecule has 0 fully saturated rings. The minimum Gasteiger partial charge on any atom is -0.444 e. The smallest absolute Gasteiger partial charge is 0.408 e. The minimum atomic E-state index is -0.668. The van der Waals surface area contributed by atoms with E-state index in [1.165, 1.54) is 6.07 Å². The second-order valence-electron chi connectivity index (χ2n) is 9.07. The van der Waals surface area contributed by atoms with Crippen LogP contribution in [0.3, 0.4) is 0 Å². The first-order chi connectivity index (χ1) is 13.9. The van der Waals surface area contributed by atoms with Gasteiger partial charge in [0.15, 0.2) is 0 Å². The number of imidazole rings is 1. The van der Waals surface area contributed by atoms with Gasteiger partial charge in [-0.25, -0.2) is 14.2 Å². The number of halogens is 1. The number of carbonyl (C=O) groups excluding carboxylic acids is 2. The number of nitrogens with one attached hydrogen (secondary N) is 1. The van der Waals surface area contributed by atoms with Crippen LogP contribution in [0.25, 0.3) is 11.3 Å². The lowest BCUT2D eigenvalue weighted by atomic mass is 9.99. The van der Waals surface area contributed by atoms with Crippen molar-refractivity contribution in [3.8, 4) is 11.3 Å². The van der Waals surface area contributed by atoms with E-state index in [1.807, 2.05) is 24.6 Å². The summed E-state index contributed by atoms with van der Waals surface area (Å²) < 4.78 is 20.8. The van der Waals surface area contributed by atoms with Crippen molar-refractivity contribution in [1.82, 2.24) is 19.8 Å². The molecule has 2 aromatic rings. The maximum Gasteiger partial charge on any atom is 0.408 e. The Bertz CT molecular complexity index is 975. The predicted molar refractivity (Wildman–Crippen MR) is 111 cm³/mol. The van der Waals surface area contributed by atoms with E-state index in [0.717, 1.165) is 17.1 Å². The van der Waals surface area contributed by atoms with Crippen LogP contribution in [0.2, 0.25) is 0 Å². The third-order valence-corrected chi connectivity index (χ3v) is 5.10. The molecule has 1 aromatic heterocycles. The van der Waals surface area contributed by atoms with Gasteiger partial charge in [-0.15, -0.1) is 0 Å². The summed E-state index contributed by atoms with van der Waals surface area (Å²) in [7, 11) is 0. The third-order valence-electron chi connectivity index (χ3n) is 5.10. The van der Waals surface area contributed by atoms with E-state index >= 15 is 0 Å².